The first-order chi connectivity index (χ1) is 9.10. The van der Waals surface area contributed by atoms with Crippen molar-refractivity contribution in [1.29, 1.82) is 0 Å². The molecule has 0 unspecified atom stereocenters. The van der Waals surface area contributed by atoms with E-state index < -0.39 is 0 Å². The van der Waals surface area contributed by atoms with E-state index in [1.54, 1.807) is 0 Å². The molecule has 106 valence electrons. The summed E-state index contributed by atoms with van der Waals surface area (Å²) in [6.07, 6.45) is 2.73. The zero-order chi connectivity index (χ0) is 13.8. The molecule has 0 amide bonds. The number of anilines is 1. The van der Waals surface area contributed by atoms with Gasteiger partial charge in [-0.3, -0.25) is 4.98 Å². The summed E-state index contributed by atoms with van der Waals surface area (Å²) in [4.78, 5) is 9.19. The van der Waals surface area contributed by atoms with Gasteiger partial charge in [0.2, 0.25) is 0 Å². The highest BCUT2D eigenvalue weighted by Crippen LogP contribution is 2.24. The van der Waals surface area contributed by atoms with Crippen molar-refractivity contribution in [3.63, 3.8) is 0 Å². The number of aryl methyl sites for hydroxylation is 1. The van der Waals surface area contributed by atoms with Gasteiger partial charge in [-0.25, -0.2) is 0 Å². The van der Waals surface area contributed by atoms with Crippen LogP contribution in [0.2, 0.25) is 0 Å². The van der Waals surface area contributed by atoms with Crippen LogP contribution in [0.4, 0.5) is 5.69 Å². The molecule has 1 fully saturated rings. The smallest absolute Gasteiger partial charge is 0.0779 e. The zero-order valence-electron chi connectivity index (χ0n) is 12.3. The maximum atomic E-state index is 9.84. The Bertz CT molecular complexity index is 420. The third-order valence-corrected chi connectivity index (χ3v) is 3.57. The lowest BCUT2D eigenvalue weighted by Crippen LogP contribution is -2.39. The minimum absolute atomic E-state index is 0.202. The van der Waals surface area contributed by atoms with Crippen molar-refractivity contribution in [2.75, 3.05) is 32.1 Å². The molecule has 1 saturated heterocycles. The normalized spacial score (nSPS) is 20.1. The Kier molecular flexibility index (Phi) is 4.77. The van der Waals surface area contributed by atoms with Gasteiger partial charge in [-0.1, -0.05) is 6.92 Å². The monoisotopic (exact) mass is 263 g/mol. The van der Waals surface area contributed by atoms with Gasteiger partial charge in [-0.05, 0) is 45.5 Å². The summed E-state index contributed by atoms with van der Waals surface area (Å²) in [5.41, 5.74) is 3.45. The van der Waals surface area contributed by atoms with E-state index in [4.69, 9.17) is 4.98 Å². The van der Waals surface area contributed by atoms with Gasteiger partial charge in [0, 0.05) is 25.3 Å². The van der Waals surface area contributed by atoms with Crippen molar-refractivity contribution < 1.29 is 5.11 Å². The fourth-order valence-corrected chi connectivity index (χ4v) is 2.61. The van der Waals surface area contributed by atoms with Gasteiger partial charge in [0.05, 0.1) is 17.5 Å². The lowest BCUT2D eigenvalue weighted by molar-refractivity contribution is 0.154. The Morgan fingerprint density at radius 1 is 1.42 bits per heavy atom. The van der Waals surface area contributed by atoms with E-state index in [9.17, 15) is 5.11 Å². The number of aliphatic hydroxyl groups excluding tert-OH is 1. The van der Waals surface area contributed by atoms with Crippen molar-refractivity contribution in [3.05, 3.63) is 23.5 Å². The number of β-amino-alcohol motifs (C(OH)–C–C–N with tert-alkyl or cyclic N) is 1. The van der Waals surface area contributed by atoms with E-state index >= 15 is 0 Å². The average molecular weight is 263 g/mol. The van der Waals surface area contributed by atoms with Crippen LogP contribution in [0.5, 0.6) is 0 Å². The van der Waals surface area contributed by atoms with Crippen LogP contribution in [-0.2, 0) is 13.0 Å². The van der Waals surface area contributed by atoms with Crippen molar-refractivity contribution >= 4 is 5.69 Å². The van der Waals surface area contributed by atoms with Gasteiger partial charge in [0.1, 0.15) is 0 Å². The standard InChI is InChI=1S/C15H25N3O/c1-4-12-7-8-15(14(16-12)11-17(2)3)18-9-5-6-13(19)10-18/h7-8,13,19H,4-6,9-11H2,1-3H3/t13-/m1/s1. The lowest BCUT2D eigenvalue weighted by atomic mass is 10.1. The molecule has 1 atom stereocenters. The fraction of sp³-hybridized carbons (Fsp3) is 0.667. The molecule has 19 heavy (non-hydrogen) atoms. The number of pyridine rings is 1. The molecule has 1 N–H and O–H groups in total. The second-order valence-corrected chi connectivity index (χ2v) is 5.60. The summed E-state index contributed by atoms with van der Waals surface area (Å²) >= 11 is 0. The Labute approximate surface area is 116 Å². The Morgan fingerprint density at radius 3 is 2.84 bits per heavy atom. The van der Waals surface area contributed by atoms with Gasteiger partial charge in [-0.2, -0.15) is 0 Å². The van der Waals surface area contributed by atoms with Crippen molar-refractivity contribution in [1.82, 2.24) is 9.88 Å². The minimum Gasteiger partial charge on any atom is -0.391 e. The molecule has 1 aliphatic rings. The number of rotatable bonds is 4. The van der Waals surface area contributed by atoms with Crippen molar-refractivity contribution in [3.8, 4) is 0 Å². The second kappa shape index (κ2) is 6.35. The Morgan fingerprint density at radius 2 is 2.21 bits per heavy atom. The van der Waals surface area contributed by atoms with Crippen LogP contribution in [0.1, 0.15) is 31.2 Å². The highest BCUT2D eigenvalue weighted by atomic mass is 16.3. The molecule has 0 bridgehead atoms. The van der Waals surface area contributed by atoms with E-state index in [-0.39, 0.29) is 6.10 Å². The maximum absolute atomic E-state index is 9.84. The first-order valence-corrected chi connectivity index (χ1v) is 7.16. The molecule has 0 radical (unpaired) electrons. The van der Waals surface area contributed by atoms with Crippen LogP contribution in [-0.4, -0.2) is 48.3 Å². The molecule has 4 nitrogen and oxygen atoms in total. The van der Waals surface area contributed by atoms with Gasteiger partial charge in [0.15, 0.2) is 0 Å². The van der Waals surface area contributed by atoms with Crippen LogP contribution in [0.3, 0.4) is 0 Å². The SMILES string of the molecule is CCc1ccc(N2CCC[C@@H](O)C2)c(CN(C)C)n1. The number of nitrogens with zero attached hydrogens (tertiary/aromatic N) is 3. The van der Waals surface area contributed by atoms with E-state index in [0.29, 0.717) is 0 Å². The number of hydrogen-bond donors (Lipinski definition) is 1. The van der Waals surface area contributed by atoms with Gasteiger partial charge in [-0.15, -0.1) is 0 Å². The molecule has 4 heteroatoms. The molecular formula is C15H25N3O. The molecule has 2 rings (SSSR count). The number of aromatic nitrogens is 1. The minimum atomic E-state index is -0.202. The third-order valence-electron chi connectivity index (χ3n) is 3.57. The third kappa shape index (κ3) is 3.67. The number of aliphatic hydroxyl groups is 1. The summed E-state index contributed by atoms with van der Waals surface area (Å²) in [5.74, 6) is 0. The fourth-order valence-electron chi connectivity index (χ4n) is 2.61. The van der Waals surface area contributed by atoms with Crippen LogP contribution >= 0.6 is 0 Å². The van der Waals surface area contributed by atoms with Crippen molar-refractivity contribution in [2.24, 2.45) is 0 Å². The van der Waals surface area contributed by atoms with E-state index in [1.807, 2.05) is 0 Å². The summed E-state index contributed by atoms with van der Waals surface area (Å²) in [6.45, 7) is 4.72. The van der Waals surface area contributed by atoms with Crippen LogP contribution < -0.4 is 4.90 Å². The molecule has 0 spiro atoms. The largest absolute Gasteiger partial charge is 0.391 e. The van der Waals surface area contributed by atoms with Crippen molar-refractivity contribution in [2.45, 2.75) is 38.8 Å². The van der Waals surface area contributed by atoms with E-state index in [0.717, 1.165) is 50.3 Å². The molecule has 1 aromatic heterocycles. The molecule has 0 aromatic carbocycles. The summed E-state index contributed by atoms with van der Waals surface area (Å²) in [6, 6.07) is 4.28. The maximum Gasteiger partial charge on any atom is 0.0779 e. The van der Waals surface area contributed by atoms with Gasteiger partial charge in [0.25, 0.3) is 0 Å². The average Bonchev–Trinajstić information content (AvgIpc) is 2.38. The quantitative estimate of drug-likeness (QED) is 0.897. The molecule has 1 aliphatic heterocycles. The Balaban J connectivity index is 2.26. The predicted octanol–water partition coefficient (Wildman–Crippen LogP) is 1.67. The number of piperidine rings is 1. The zero-order valence-corrected chi connectivity index (χ0v) is 12.3. The van der Waals surface area contributed by atoms with Gasteiger partial charge < -0.3 is 14.9 Å². The molecular weight excluding hydrogens is 238 g/mol. The first kappa shape index (κ1) is 14.3. The molecule has 2 heterocycles. The van der Waals surface area contributed by atoms with Crippen LogP contribution in [0.15, 0.2) is 12.1 Å². The van der Waals surface area contributed by atoms with Crippen LogP contribution in [0, 0.1) is 0 Å². The summed E-state index contributed by atoms with van der Waals surface area (Å²) in [7, 11) is 4.13. The topological polar surface area (TPSA) is 39.6 Å². The van der Waals surface area contributed by atoms with Gasteiger partial charge >= 0.3 is 0 Å². The molecule has 1 aromatic rings. The van der Waals surface area contributed by atoms with E-state index in [2.05, 4.69) is 43.0 Å². The summed E-state index contributed by atoms with van der Waals surface area (Å²) < 4.78 is 0. The van der Waals surface area contributed by atoms with E-state index in [1.165, 1.54) is 5.69 Å². The summed E-state index contributed by atoms with van der Waals surface area (Å²) in [5, 5.41) is 9.84. The van der Waals surface area contributed by atoms with Crippen LogP contribution in [0.25, 0.3) is 0 Å². The molecule has 0 aliphatic carbocycles. The highest BCUT2D eigenvalue weighted by Gasteiger charge is 2.20. The second-order valence-electron chi connectivity index (χ2n) is 5.60. The predicted molar refractivity (Wildman–Crippen MR) is 78.5 cm³/mol. The highest BCUT2D eigenvalue weighted by molar-refractivity contribution is 5.51. The first-order valence-electron chi connectivity index (χ1n) is 7.16. The Hall–Kier alpha value is -1.13. The molecule has 0 saturated carbocycles. The lowest BCUT2D eigenvalue weighted by Gasteiger charge is -2.33. The number of hydrogen-bond acceptors (Lipinski definition) is 4.